The van der Waals surface area contributed by atoms with Gasteiger partial charge in [-0.05, 0) is 23.0 Å². The van der Waals surface area contributed by atoms with Gasteiger partial charge in [-0.15, -0.1) is 12.4 Å². The molecule has 0 radical (unpaired) electrons. The Labute approximate surface area is 163 Å². The molecule has 0 saturated carbocycles. The van der Waals surface area contributed by atoms with Gasteiger partial charge in [-0.2, -0.15) is 0 Å². The number of halogens is 1. The van der Waals surface area contributed by atoms with Gasteiger partial charge >= 0.3 is 0 Å². The van der Waals surface area contributed by atoms with E-state index in [1.807, 2.05) is 41.3 Å². The second-order valence-corrected chi connectivity index (χ2v) is 7.78. The minimum absolute atomic E-state index is 0. The van der Waals surface area contributed by atoms with E-state index in [1.54, 1.807) is 0 Å². The molecule has 1 unspecified atom stereocenters. The van der Waals surface area contributed by atoms with Gasteiger partial charge in [0.15, 0.2) is 0 Å². The summed E-state index contributed by atoms with van der Waals surface area (Å²) in [5.41, 5.74) is 8.58. The van der Waals surface area contributed by atoms with Gasteiger partial charge in [0.05, 0.1) is 0 Å². The van der Waals surface area contributed by atoms with E-state index < -0.39 is 0 Å². The largest absolute Gasteiger partial charge is 0.342 e. The van der Waals surface area contributed by atoms with Crippen LogP contribution in [0, 0.1) is 5.41 Å². The number of carbonyl (C=O) groups is 1. The molecule has 1 amide bonds. The number of nitrogens with zero attached hydrogens (tertiary/aromatic N) is 1. The van der Waals surface area contributed by atoms with Gasteiger partial charge in [-0.25, -0.2) is 0 Å². The van der Waals surface area contributed by atoms with Crippen LogP contribution in [-0.4, -0.2) is 29.9 Å². The SMILES string of the molecule is CC1(C)CN(C(=O)CC(c2ccccc2)c2ccccc2)CCC1N.Cl. The van der Waals surface area contributed by atoms with Gasteiger partial charge in [0.25, 0.3) is 0 Å². The minimum atomic E-state index is -0.0249. The molecule has 1 saturated heterocycles. The molecule has 1 aliphatic heterocycles. The zero-order valence-corrected chi connectivity index (χ0v) is 16.4. The molecule has 0 aromatic heterocycles. The average molecular weight is 373 g/mol. The Kier molecular flexibility index (Phi) is 6.85. The highest BCUT2D eigenvalue weighted by Crippen LogP contribution is 2.32. The summed E-state index contributed by atoms with van der Waals surface area (Å²) in [6.45, 7) is 5.81. The third-order valence-corrected chi connectivity index (χ3v) is 5.45. The van der Waals surface area contributed by atoms with Crippen molar-refractivity contribution >= 4 is 18.3 Å². The Morgan fingerprint density at radius 2 is 1.58 bits per heavy atom. The number of carbonyl (C=O) groups excluding carboxylic acids is 1. The number of amides is 1. The maximum absolute atomic E-state index is 13.0. The van der Waals surface area contributed by atoms with Crippen LogP contribution < -0.4 is 5.73 Å². The summed E-state index contributed by atoms with van der Waals surface area (Å²) >= 11 is 0. The van der Waals surface area contributed by atoms with Gasteiger partial charge in [-0.3, -0.25) is 4.79 Å². The Balaban J connectivity index is 0.00000243. The van der Waals surface area contributed by atoms with Crippen molar-refractivity contribution in [1.29, 1.82) is 0 Å². The summed E-state index contributed by atoms with van der Waals surface area (Å²) in [4.78, 5) is 15.0. The molecule has 1 aliphatic rings. The summed E-state index contributed by atoms with van der Waals surface area (Å²) in [5, 5.41) is 0. The van der Waals surface area contributed by atoms with E-state index >= 15 is 0 Å². The van der Waals surface area contributed by atoms with Crippen molar-refractivity contribution in [3.63, 3.8) is 0 Å². The normalized spacial score (nSPS) is 19.1. The van der Waals surface area contributed by atoms with Crippen molar-refractivity contribution in [1.82, 2.24) is 4.90 Å². The van der Waals surface area contributed by atoms with Crippen molar-refractivity contribution in [3.05, 3.63) is 71.8 Å². The topological polar surface area (TPSA) is 46.3 Å². The number of hydrogen-bond donors (Lipinski definition) is 1. The molecule has 2 N–H and O–H groups in total. The van der Waals surface area contributed by atoms with E-state index in [1.165, 1.54) is 11.1 Å². The Morgan fingerprint density at radius 1 is 1.08 bits per heavy atom. The summed E-state index contributed by atoms with van der Waals surface area (Å²) in [6, 6.07) is 20.8. The van der Waals surface area contributed by atoms with E-state index in [0.29, 0.717) is 6.42 Å². The lowest BCUT2D eigenvalue weighted by Crippen LogP contribution is -2.54. The molecule has 1 atom stereocenters. The van der Waals surface area contributed by atoms with Crippen molar-refractivity contribution in [2.75, 3.05) is 13.1 Å². The number of hydrogen-bond acceptors (Lipinski definition) is 2. The lowest BCUT2D eigenvalue weighted by Gasteiger charge is -2.43. The first-order chi connectivity index (χ1) is 12.0. The van der Waals surface area contributed by atoms with Crippen molar-refractivity contribution in [2.24, 2.45) is 11.1 Å². The summed E-state index contributed by atoms with van der Waals surface area (Å²) < 4.78 is 0. The second-order valence-electron chi connectivity index (χ2n) is 7.78. The zero-order chi connectivity index (χ0) is 17.9. The summed E-state index contributed by atoms with van der Waals surface area (Å²) in [5.74, 6) is 0.311. The number of piperidine rings is 1. The standard InChI is InChI=1S/C22H28N2O.ClH/c1-22(2)16-24(14-13-20(22)23)21(25)15-19(17-9-5-3-6-10-17)18-11-7-4-8-12-18;/h3-12,19-20H,13-16,23H2,1-2H3;1H. The fourth-order valence-corrected chi connectivity index (χ4v) is 3.69. The number of rotatable bonds is 4. The minimum Gasteiger partial charge on any atom is -0.342 e. The molecule has 2 aromatic rings. The zero-order valence-electron chi connectivity index (χ0n) is 15.6. The summed E-state index contributed by atoms with van der Waals surface area (Å²) in [6.07, 6.45) is 1.37. The Bertz CT molecular complexity index is 663. The van der Waals surface area contributed by atoms with E-state index in [9.17, 15) is 4.79 Å². The van der Waals surface area contributed by atoms with E-state index in [0.717, 1.165) is 19.5 Å². The molecule has 2 aromatic carbocycles. The second kappa shape index (κ2) is 8.70. The molecule has 0 aliphatic carbocycles. The van der Waals surface area contributed by atoms with Gasteiger partial charge in [-0.1, -0.05) is 74.5 Å². The van der Waals surface area contributed by atoms with Crippen LogP contribution in [0.5, 0.6) is 0 Å². The van der Waals surface area contributed by atoms with Crippen molar-refractivity contribution in [3.8, 4) is 0 Å². The lowest BCUT2D eigenvalue weighted by molar-refractivity contribution is -0.134. The van der Waals surface area contributed by atoms with Crippen molar-refractivity contribution in [2.45, 2.75) is 38.6 Å². The molecular weight excluding hydrogens is 344 g/mol. The first kappa shape index (κ1) is 20.5. The fraction of sp³-hybridized carbons (Fsp3) is 0.409. The molecule has 4 heteroatoms. The van der Waals surface area contributed by atoms with E-state index in [2.05, 4.69) is 38.1 Å². The maximum atomic E-state index is 13.0. The molecule has 1 heterocycles. The first-order valence-electron chi connectivity index (χ1n) is 9.10. The molecule has 3 rings (SSSR count). The highest BCUT2D eigenvalue weighted by Gasteiger charge is 2.35. The van der Waals surface area contributed by atoms with Crippen LogP contribution >= 0.6 is 12.4 Å². The smallest absolute Gasteiger partial charge is 0.223 e. The molecule has 3 nitrogen and oxygen atoms in total. The highest BCUT2D eigenvalue weighted by atomic mass is 35.5. The molecule has 0 bridgehead atoms. The number of benzene rings is 2. The Hall–Kier alpha value is -1.84. The predicted molar refractivity (Wildman–Crippen MR) is 110 cm³/mol. The first-order valence-corrected chi connectivity index (χ1v) is 9.10. The average Bonchev–Trinajstić information content (AvgIpc) is 2.63. The van der Waals surface area contributed by atoms with Gasteiger partial charge < -0.3 is 10.6 Å². The predicted octanol–water partition coefficient (Wildman–Crippen LogP) is 4.22. The quantitative estimate of drug-likeness (QED) is 0.873. The van der Waals surface area contributed by atoms with E-state index in [-0.39, 0.29) is 35.7 Å². The van der Waals surface area contributed by atoms with Crippen molar-refractivity contribution < 1.29 is 4.79 Å². The third kappa shape index (κ3) is 4.66. The molecule has 140 valence electrons. The van der Waals surface area contributed by atoms with Crippen LogP contribution in [0.25, 0.3) is 0 Å². The van der Waals surface area contributed by atoms with Gasteiger partial charge in [0.2, 0.25) is 5.91 Å². The van der Waals surface area contributed by atoms with Crippen LogP contribution in [-0.2, 0) is 4.79 Å². The van der Waals surface area contributed by atoms with Crippen LogP contribution in [0.4, 0.5) is 0 Å². The monoisotopic (exact) mass is 372 g/mol. The van der Waals surface area contributed by atoms with E-state index in [4.69, 9.17) is 5.73 Å². The molecule has 1 fully saturated rings. The van der Waals surface area contributed by atoms with Gasteiger partial charge in [0, 0.05) is 31.5 Å². The highest BCUT2D eigenvalue weighted by molar-refractivity contribution is 5.85. The molecular formula is C22H29ClN2O. The van der Waals surface area contributed by atoms with Gasteiger partial charge in [0.1, 0.15) is 0 Å². The maximum Gasteiger partial charge on any atom is 0.223 e. The third-order valence-electron chi connectivity index (χ3n) is 5.45. The fourth-order valence-electron chi connectivity index (χ4n) is 3.69. The lowest BCUT2D eigenvalue weighted by atomic mass is 9.79. The Morgan fingerprint density at radius 3 is 2.04 bits per heavy atom. The van der Waals surface area contributed by atoms with Crippen LogP contribution in [0.1, 0.15) is 43.7 Å². The van der Waals surface area contributed by atoms with Crippen LogP contribution in [0.2, 0.25) is 0 Å². The molecule has 26 heavy (non-hydrogen) atoms. The van der Waals surface area contributed by atoms with Crippen LogP contribution in [0.3, 0.4) is 0 Å². The van der Waals surface area contributed by atoms with Crippen LogP contribution in [0.15, 0.2) is 60.7 Å². The summed E-state index contributed by atoms with van der Waals surface area (Å²) in [7, 11) is 0. The number of nitrogens with two attached hydrogens (primary N) is 1. The number of likely N-dealkylation sites (tertiary alicyclic amines) is 1. The molecule has 0 spiro atoms.